The first-order valence-corrected chi connectivity index (χ1v) is 7.05. The van der Waals surface area contributed by atoms with Gasteiger partial charge in [0.15, 0.2) is 0 Å². The summed E-state index contributed by atoms with van der Waals surface area (Å²) in [6, 6.07) is 15.9. The van der Waals surface area contributed by atoms with E-state index in [1.807, 2.05) is 43.3 Å². The quantitative estimate of drug-likeness (QED) is 0.620. The van der Waals surface area contributed by atoms with E-state index < -0.39 is 0 Å². The summed E-state index contributed by atoms with van der Waals surface area (Å²) in [6.45, 7) is 2.01. The van der Waals surface area contributed by atoms with Crippen molar-refractivity contribution in [3.05, 3.63) is 65.2 Å². The van der Waals surface area contributed by atoms with Crippen LogP contribution in [0, 0.1) is 6.92 Å². The fourth-order valence-corrected chi connectivity index (χ4v) is 2.95. The van der Waals surface area contributed by atoms with E-state index in [4.69, 9.17) is 4.74 Å². The van der Waals surface area contributed by atoms with Gasteiger partial charge in [0.1, 0.15) is 0 Å². The van der Waals surface area contributed by atoms with E-state index in [0.717, 1.165) is 16.2 Å². The van der Waals surface area contributed by atoms with E-state index in [1.54, 1.807) is 11.8 Å². The zero-order valence-corrected chi connectivity index (χ0v) is 11.9. The summed E-state index contributed by atoms with van der Waals surface area (Å²) in [4.78, 5) is 12.8. The average Bonchev–Trinajstić information content (AvgIpc) is 2.46. The molecular weight excluding hydrogens is 256 g/mol. The van der Waals surface area contributed by atoms with Crippen molar-refractivity contribution in [2.24, 2.45) is 0 Å². The van der Waals surface area contributed by atoms with Crippen LogP contribution in [0.15, 0.2) is 53.4 Å². The number of methoxy groups -OCH3 is 1. The summed E-state index contributed by atoms with van der Waals surface area (Å²) in [7, 11) is 1.41. The second-order valence-electron chi connectivity index (χ2n) is 4.22. The molecule has 0 fully saturated rings. The van der Waals surface area contributed by atoms with Gasteiger partial charge in [0.05, 0.1) is 12.7 Å². The molecule has 0 amide bonds. The predicted octanol–water partition coefficient (Wildman–Crippen LogP) is 4.07. The maximum absolute atomic E-state index is 11.8. The van der Waals surface area contributed by atoms with E-state index >= 15 is 0 Å². The molecule has 3 heteroatoms. The summed E-state index contributed by atoms with van der Waals surface area (Å²) in [5, 5.41) is 0. The van der Waals surface area contributed by atoms with Crippen LogP contribution in [0.1, 0.15) is 21.5 Å². The Balaban J connectivity index is 2.22. The number of carbonyl (C=O) groups is 1. The van der Waals surface area contributed by atoms with E-state index in [2.05, 4.69) is 12.1 Å². The van der Waals surface area contributed by atoms with Gasteiger partial charge < -0.3 is 4.74 Å². The van der Waals surface area contributed by atoms with Crippen LogP contribution in [0.3, 0.4) is 0 Å². The molecule has 0 aromatic heterocycles. The lowest BCUT2D eigenvalue weighted by Crippen LogP contribution is -2.04. The number of benzene rings is 2. The van der Waals surface area contributed by atoms with E-state index in [0.29, 0.717) is 5.56 Å². The summed E-state index contributed by atoms with van der Waals surface area (Å²) >= 11 is 1.67. The molecule has 0 bridgehead atoms. The first-order chi connectivity index (χ1) is 9.22. The number of thioether (sulfide) groups is 1. The minimum atomic E-state index is -0.278. The zero-order valence-electron chi connectivity index (χ0n) is 11.1. The minimum Gasteiger partial charge on any atom is -0.465 e. The highest BCUT2D eigenvalue weighted by Crippen LogP contribution is 2.30. The Morgan fingerprint density at radius 3 is 2.53 bits per heavy atom. The first kappa shape index (κ1) is 13.7. The number of rotatable bonds is 4. The molecule has 0 atom stereocenters. The molecule has 0 saturated heterocycles. The van der Waals surface area contributed by atoms with Gasteiger partial charge in [-0.1, -0.05) is 42.5 Å². The number of esters is 1. The standard InChI is InChI=1S/C16H16O2S/c1-12-7-6-10-14(16(17)18-2)15(12)19-11-13-8-4-3-5-9-13/h3-10H,11H2,1-2H3. The van der Waals surface area contributed by atoms with Gasteiger partial charge >= 0.3 is 5.97 Å². The van der Waals surface area contributed by atoms with E-state index in [-0.39, 0.29) is 5.97 Å². The van der Waals surface area contributed by atoms with Crippen molar-refractivity contribution in [3.8, 4) is 0 Å². The Bertz CT molecular complexity index is 564. The lowest BCUT2D eigenvalue weighted by molar-refractivity contribution is 0.0596. The summed E-state index contributed by atoms with van der Waals surface area (Å²) < 4.78 is 4.83. The number of carbonyl (C=O) groups excluding carboxylic acids is 1. The lowest BCUT2D eigenvalue weighted by Gasteiger charge is -2.10. The fourth-order valence-electron chi connectivity index (χ4n) is 1.84. The van der Waals surface area contributed by atoms with E-state index in [1.165, 1.54) is 12.7 Å². The number of ether oxygens (including phenoxy) is 1. The van der Waals surface area contributed by atoms with Gasteiger partial charge in [0, 0.05) is 10.6 Å². The third-order valence-electron chi connectivity index (χ3n) is 2.84. The summed E-state index contributed by atoms with van der Waals surface area (Å²) in [5.41, 5.74) is 2.99. The van der Waals surface area contributed by atoms with Crippen LogP contribution in [-0.4, -0.2) is 13.1 Å². The second kappa shape index (κ2) is 6.43. The Morgan fingerprint density at radius 1 is 1.11 bits per heavy atom. The third-order valence-corrected chi connectivity index (χ3v) is 4.15. The number of aryl methyl sites for hydroxylation is 1. The van der Waals surface area contributed by atoms with Crippen LogP contribution in [0.5, 0.6) is 0 Å². The molecule has 0 unspecified atom stereocenters. The molecule has 0 aliphatic heterocycles. The second-order valence-corrected chi connectivity index (χ2v) is 5.20. The van der Waals surface area contributed by atoms with Gasteiger partial charge in [-0.15, -0.1) is 11.8 Å². The Morgan fingerprint density at radius 2 is 1.84 bits per heavy atom. The van der Waals surface area contributed by atoms with Gasteiger partial charge in [-0.05, 0) is 24.1 Å². The Hall–Kier alpha value is -1.74. The highest BCUT2D eigenvalue weighted by atomic mass is 32.2. The van der Waals surface area contributed by atoms with Crippen molar-refractivity contribution in [1.82, 2.24) is 0 Å². The van der Waals surface area contributed by atoms with Crippen LogP contribution in [0.25, 0.3) is 0 Å². The van der Waals surface area contributed by atoms with Crippen molar-refractivity contribution in [1.29, 1.82) is 0 Å². The predicted molar refractivity (Wildman–Crippen MR) is 78.5 cm³/mol. The lowest BCUT2D eigenvalue weighted by atomic mass is 10.1. The Kier molecular flexibility index (Phi) is 4.63. The SMILES string of the molecule is COC(=O)c1cccc(C)c1SCc1ccccc1. The van der Waals surface area contributed by atoms with Crippen molar-refractivity contribution in [2.45, 2.75) is 17.6 Å². The third kappa shape index (κ3) is 3.38. The molecule has 0 saturated carbocycles. The molecule has 2 aromatic carbocycles. The van der Waals surface area contributed by atoms with Gasteiger partial charge in [-0.2, -0.15) is 0 Å². The van der Waals surface area contributed by atoms with Crippen LogP contribution in [0.4, 0.5) is 0 Å². The molecule has 0 spiro atoms. The first-order valence-electron chi connectivity index (χ1n) is 6.07. The monoisotopic (exact) mass is 272 g/mol. The molecule has 0 radical (unpaired) electrons. The molecule has 2 rings (SSSR count). The smallest absolute Gasteiger partial charge is 0.339 e. The van der Waals surface area contributed by atoms with Gasteiger partial charge in [0.2, 0.25) is 0 Å². The van der Waals surface area contributed by atoms with Crippen LogP contribution in [-0.2, 0) is 10.5 Å². The molecule has 0 aliphatic rings. The number of hydrogen-bond acceptors (Lipinski definition) is 3. The van der Waals surface area contributed by atoms with Crippen molar-refractivity contribution < 1.29 is 9.53 Å². The fraction of sp³-hybridized carbons (Fsp3) is 0.188. The van der Waals surface area contributed by atoms with Crippen molar-refractivity contribution in [2.75, 3.05) is 7.11 Å². The molecule has 2 nitrogen and oxygen atoms in total. The summed E-state index contributed by atoms with van der Waals surface area (Å²) in [6.07, 6.45) is 0. The van der Waals surface area contributed by atoms with Crippen LogP contribution in [0.2, 0.25) is 0 Å². The summed E-state index contributed by atoms with van der Waals surface area (Å²) in [5.74, 6) is 0.564. The topological polar surface area (TPSA) is 26.3 Å². The van der Waals surface area contributed by atoms with Gasteiger partial charge in [-0.3, -0.25) is 0 Å². The number of hydrogen-bond donors (Lipinski definition) is 0. The molecule has 2 aromatic rings. The highest BCUT2D eigenvalue weighted by molar-refractivity contribution is 7.98. The molecule has 0 aliphatic carbocycles. The Labute approximate surface area is 117 Å². The van der Waals surface area contributed by atoms with Crippen molar-refractivity contribution in [3.63, 3.8) is 0 Å². The van der Waals surface area contributed by atoms with E-state index in [9.17, 15) is 4.79 Å². The van der Waals surface area contributed by atoms with Gasteiger partial charge in [0.25, 0.3) is 0 Å². The minimum absolute atomic E-state index is 0.278. The van der Waals surface area contributed by atoms with Gasteiger partial charge in [-0.25, -0.2) is 4.79 Å². The van der Waals surface area contributed by atoms with Crippen LogP contribution >= 0.6 is 11.8 Å². The maximum Gasteiger partial charge on any atom is 0.339 e. The molecular formula is C16H16O2S. The van der Waals surface area contributed by atoms with Crippen LogP contribution < -0.4 is 0 Å². The highest BCUT2D eigenvalue weighted by Gasteiger charge is 2.13. The molecule has 0 N–H and O–H groups in total. The largest absolute Gasteiger partial charge is 0.465 e. The zero-order chi connectivity index (χ0) is 13.7. The average molecular weight is 272 g/mol. The molecule has 19 heavy (non-hydrogen) atoms. The van der Waals surface area contributed by atoms with Crippen molar-refractivity contribution >= 4 is 17.7 Å². The molecule has 0 heterocycles. The maximum atomic E-state index is 11.8. The normalized spacial score (nSPS) is 10.2. The molecule has 98 valence electrons.